The molecule has 1 aliphatic rings. The van der Waals surface area contributed by atoms with E-state index in [2.05, 4.69) is 21.7 Å². The molecule has 196 valence electrons. The fourth-order valence-electron chi connectivity index (χ4n) is 3.95. The highest BCUT2D eigenvalue weighted by atomic mass is 32.1. The maximum atomic E-state index is 13.2. The third-order valence-corrected chi connectivity index (χ3v) is 7.19. The summed E-state index contributed by atoms with van der Waals surface area (Å²) in [6, 6.07) is 19.1. The molecule has 0 saturated carbocycles. The third kappa shape index (κ3) is 5.71. The molecule has 2 N–H and O–H groups in total. The number of nitrogens with zero attached hydrogens (tertiary/aromatic N) is 3. The fraction of sp³-hybridized carbons (Fsp3) is 0.310. The van der Waals surface area contributed by atoms with Crippen LogP contribution in [0.15, 0.2) is 64.4 Å². The Morgan fingerprint density at radius 2 is 1.89 bits per heavy atom. The van der Waals surface area contributed by atoms with E-state index in [1.807, 2.05) is 83.1 Å². The number of thiazole rings is 1. The Hall–Kier alpha value is -4.16. The highest BCUT2D eigenvalue weighted by Gasteiger charge is 2.31. The van der Waals surface area contributed by atoms with E-state index in [9.17, 15) is 14.9 Å². The van der Waals surface area contributed by atoms with Crippen molar-refractivity contribution in [3.63, 3.8) is 0 Å². The van der Waals surface area contributed by atoms with Crippen molar-refractivity contribution in [1.82, 2.24) is 4.57 Å². The maximum Gasteiger partial charge on any atom is 0.270 e. The van der Waals surface area contributed by atoms with Gasteiger partial charge in [0, 0.05) is 29.5 Å². The van der Waals surface area contributed by atoms with E-state index in [1.165, 1.54) is 11.3 Å². The van der Waals surface area contributed by atoms with E-state index in [0.29, 0.717) is 27.1 Å². The number of benzene rings is 2. The first-order chi connectivity index (χ1) is 18.1. The molecule has 1 aliphatic heterocycles. The Balaban J connectivity index is 1.66. The lowest BCUT2D eigenvalue weighted by Crippen LogP contribution is -2.32. The number of ether oxygens (including phenoxy) is 1. The Kier molecular flexibility index (Phi) is 7.83. The monoisotopic (exact) mass is 529 g/mol. The number of hydrogen-bond donors (Lipinski definition) is 2. The van der Waals surface area contributed by atoms with Crippen LogP contribution in [0.5, 0.6) is 0 Å². The van der Waals surface area contributed by atoms with Crippen LogP contribution in [0.1, 0.15) is 46.3 Å². The lowest BCUT2D eigenvalue weighted by atomic mass is 9.95. The summed E-state index contributed by atoms with van der Waals surface area (Å²) < 4.78 is 8.63. The van der Waals surface area contributed by atoms with Crippen molar-refractivity contribution in [2.24, 2.45) is 10.4 Å². The average Bonchev–Trinajstić information content (AvgIpc) is 3.42. The molecule has 0 spiro atoms. The van der Waals surface area contributed by atoms with Gasteiger partial charge in [-0.15, -0.1) is 11.3 Å². The van der Waals surface area contributed by atoms with Crippen molar-refractivity contribution < 1.29 is 9.53 Å². The van der Waals surface area contributed by atoms with Crippen molar-refractivity contribution in [2.75, 3.05) is 10.6 Å². The first-order valence-electron chi connectivity index (χ1n) is 12.4. The predicted octanol–water partition coefficient (Wildman–Crippen LogP) is 4.00. The molecule has 2 aromatic carbocycles. The van der Waals surface area contributed by atoms with Gasteiger partial charge in [0.15, 0.2) is 0 Å². The Morgan fingerprint density at radius 1 is 1.18 bits per heavy atom. The van der Waals surface area contributed by atoms with Crippen molar-refractivity contribution in [3.8, 4) is 6.07 Å². The van der Waals surface area contributed by atoms with Crippen molar-refractivity contribution in [2.45, 2.75) is 53.3 Å². The number of aromatic nitrogens is 1. The molecule has 38 heavy (non-hydrogen) atoms. The van der Waals surface area contributed by atoms with Crippen LogP contribution in [0.3, 0.4) is 0 Å². The second-order valence-corrected chi connectivity index (χ2v) is 11.0. The molecule has 8 nitrogen and oxygen atoms in total. The number of anilines is 2. The summed E-state index contributed by atoms with van der Waals surface area (Å²) in [7, 11) is 0. The van der Waals surface area contributed by atoms with Crippen molar-refractivity contribution in [3.05, 3.63) is 79.7 Å². The molecule has 4 rings (SSSR count). The average molecular weight is 530 g/mol. The first-order valence-corrected chi connectivity index (χ1v) is 13.3. The molecule has 0 saturated heterocycles. The first kappa shape index (κ1) is 26.9. The van der Waals surface area contributed by atoms with Gasteiger partial charge in [-0.25, -0.2) is 4.99 Å². The quantitative estimate of drug-likeness (QED) is 0.502. The summed E-state index contributed by atoms with van der Waals surface area (Å²) >= 11 is 1.21. The number of carbonyl (C=O) groups is 1. The van der Waals surface area contributed by atoms with Gasteiger partial charge in [0.1, 0.15) is 26.9 Å². The van der Waals surface area contributed by atoms with E-state index in [4.69, 9.17) is 4.74 Å². The molecular weight excluding hydrogens is 498 g/mol. The van der Waals surface area contributed by atoms with E-state index in [0.717, 1.165) is 5.56 Å². The Labute approximate surface area is 225 Å². The van der Waals surface area contributed by atoms with Crippen LogP contribution in [-0.2, 0) is 16.1 Å². The molecule has 0 unspecified atom stereocenters. The smallest absolute Gasteiger partial charge is 0.270 e. The zero-order chi connectivity index (χ0) is 27.4. The summed E-state index contributed by atoms with van der Waals surface area (Å²) in [6.45, 7) is 9.75. The normalized spacial score (nSPS) is 18.3. The standard InChI is InChI=1S/C29H31N5O3S/c1-6-34-26(35)23(17-31-20-13-10-14-21(15-20)33-28(36)29(3,4)5)38-27(34)22(16-30)25-32-18(2)24(37-25)19-11-8-7-9-12-19/h7-15,17-18,24,31H,6H2,1-5H3,(H,33,36)/t18-,24+/m1/s1. The summed E-state index contributed by atoms with van der Waals surface area (Å²) in [4.78, 5) is 30.1. The number of rotatable bonds is 6. The summed E-state index contributed by atoms with van der Waals surface area (Å²) in [5.41, 5.74) is 1.85. The largest absolute Gasteiger partial charge is 0.466 e. The Bertz CT molecular complexity index is 1590. The number of amides is 1. The van der Waals surface area contributed by atoms with Gasteiger partial charge in [0.2, 0.25) is 11.8 Å². The fourth-order valence-corrected chi connectivity index (χ4v) is 5.03. The molecule has 0 bridgehead atoms. The van der Waals surface area contributed by atoms with E-state index < -0.39 is 5.41 Å². The molecule has 2 heterocycles. The second-order valence-electron chi connectivity index (χ2n) is 10.0. The van der Waals surface area contributed by atoms with Gasteiger partial charge >= 0.3 is 0 Å². The van der Waals surface area contributed by atoms with Gasteiger partial charge in [0.25, 0.3) is 5.56 Å². The van der Waals surface area contributed by atoms with Crippen LogP contribution in [0, 0.1) is 16.7 Å². The highest BCUT2D eigenvalue weighted by Crippen LogP contribution is 2.30. The SMILES string of the molecule is CCn1c(=C(C#N)C2=N[C@H](C)[C@@H](c3ccccc3)O2)sc(=CNc2cccc(NC(=O)C(C)(C)C)c2)c1=O. The lowest BCUT2D eigenvalue weighted by molar-refractivity contribution is -0.123. The predicted molar refractivity (Wildman–Crippen MR) is 152 cm³/mol. The number of nitriles is 1. The molecule has 1 amide bonds. The minimum Gasteiger partial charge on any atom is -0.466 e. The minimum atomic E-state index is -0.519. The number of hydrogen-bond acceptors (Lipinski definition) is 7. The van der Waals surface area contributed by atoms with Gasteiger partial charge in [-0.2, -0.15) is 5.26 Å². The second kappa shape index (κ2) is 11.1. The lowest BCUT2D eigenvalue weighted by Gasteiger charge is -2.18. The zero-order valence-corrected chi connectivity index (χ0v) is 22.9. The van der Waals surface area contributed by atoms with Crippen LogP contribution >= 0.6 is 11.3 Å². The summed E-state index contributed by atoms with van der Waals surface area (Å²) in [6.07, 6.45) is 1.32. The molecule has 1 aromatic heterocycles. The van der Waals surface area contributed by atoms with Gasteiger partial charge < -0.3 is 15.4 Å². The Morgan fingerprint density at radius 3 is 2.55 bits per heavy atom. The number of aliphatic imine (C=N–C) groups is 1. The van der Waals surface area contributed by atoms with E-state index in [-0.39, 0.29) is 35.1 Å². The van der Waals surface area contributed by atoms with E-state index >= 15 is 0 Å². The molecule has 0 fully saturated rings. The summed E-state index contributed by atoms with van der Waals surface area (Å²) in [5.74, 6) is 0.159. The molecule has 3 aromatic rings. The third-order valence-electron chi connectivity index (χ3n) is 6.06. The minimum absolute atomic E-state index is 0.0900. The van der Waals surface area contributed by atoms with E-state index in [1.54, 1.807) is 16.8 Å². The number of carbonyl (C=O) groups excluding carboxylic acids is 1. The maximum absolute atomic E-state index is 13.2. The van der Waals surface area contributed by atoms with Gasteiger partial charge in [-0.1, -0.05) is 57.2 Å². The zero-order valence-electron chi connectivity index (χ0n) is 22.1. The molecule has 0 radical (unpaired) electrons. The molecule has 9 heteroatoms. The van der Waals surface area contributed by atoms with Crippen LogP contribution in [0.4, 0.5) is 11.4 Å². The van der Waals surface area contributed by atoms with Gasteiger partial charge in [-0.05, 0) is 37.6 Å². The van der Waals surface area contributed by atoms with Gasteiger partial charge in [-0.3, -0.25) is 14.2 Å². The van der Waals surface area contributed by atoms with Gasteiger partial charge in [0.05, 0.1) is 6.04 Å². The van der Waals surface area contributed by atoms with Crippen LogP contribution < -0.4 is 25.4 Å². The number of nitrogens with one attached hydrogen (secondary N) is 2. The summed E-state index contributed by atoms with van der Waals surface area (Å²) in [5, 5.41) is 16.1. The van der Waals surface area contributed by atoms with Crippen LogP contribution in [-0.4, -0.2) is 22.4 Å². The van der Waals surface area contributed by atoms with Crippen molar-refractivity contribution >= 4 is 46.3 Å². The topological polar surface area (TPSA) is 109 Å². The molecule has 2 atom stereocenters. The molecular formula is C29H31N5O3S. The van der Waals surface area contributed by atoms with Crippen LogP contribution in [0.2, 0.25) is 0 Å². The molecule has 0 aliphatic carbocycles. The highest BCUT2D eigenvalue weighted by molar-refractivity contribution is 7.07. The van der Waals surface area contributed by atoms with Crippen LogP contribution in [0.25, 0.3) is 11.8 Å². The van der Waals surface area contributed by atoms with Crippen molar-refractivity contribution in [1.29, 1.82) is 5.26 Å².